The first-order chi connectivity index (χ1) is 10.8. The number of ether oxygens (including phenoxy) is 1. The molecule has 1 aromatic rings. The van der Waals surface area contributed by atoms with Gasteiger partial charge in [0.25, 0.3) is 0 Å². The van der Waals surface area contributed by atoms with Crippen molar-refractivity contribution in [3.63, 3.8) is 0 Å². The van der Waals surface area contributed by atoms with E-state index in [2.05, 4.69) is 10.2 Å². The lowest BCUT2D eigenvalue weighted by Crippen LogP contribution is -2.54. The van der Waals surface area contributed by atoms with E-state index >= 15 is 0 Å². The number of carbonyl (C=O) groups is 1. The molecule has 6 heteroatoms. The fourth-order valence-corrected chi connectivity index (χ4v) is 3.71. The maximum absolute atomic E-state index is 12.3. The Morgan fingerprint density at radius 2 is 2.00 bits per heavy atom. The lowest BCUT2D eigenvalue weighted by molar-refractivity contribution is -0.134. The van der Waals surface area contributed by atoms with Gasteiger partial charge in [-0.2, -0.15) is 0 Å². The van der Waals surface area contributed by atoms with Crippen molar-refractivity contribution in [2.24, 2.45) is 0 Å². The van der Waals surface area contributed by atoms with Crippen LogP contribution in [0, 0.1) is 0 Å². The summed E-state index contributed by atoms with van der Waals surface area (Å²) in [6.45, 7) is 5.13. The van der Waals surface area contributed by atoms with Crippen LogP contribution in [0.25, 0.3) is 0 Å². The summed E-state index contributed by atoms with van der Waals surface area (Å²) in [6, 6.07) is 9.93. The number of rotatable bonds is 5. The molecule has 0 spiro atoms. The summed E-state index contributed by atoms with van der Waals surface area (Å²) in [5.74, 6) is 2.99. The molecule has 1 atom stereocenters. The smallest absolute Gasteiger partial charge is 0.240 e. The van der Waals surface area contributed by atoms with Crippen molar-refractivity contribution in [1.82, 2.24) is 15.1 Å². The van der Waals surface area contributed by atoms with Gasteiger partial charge in [0.05, 0.1) is 6.04 Å². The van der Waals surface area contributed by atoms with Crippen LogP contribution in [0.5, 0.6) is 5.75 Å². The second-order valence-electron chi connectivity index (χ2n) is 5.60. The van der Waals surface area contributed by atoms with Crippen LogP contribution in [-0.2, 0) is 4.79 Å². The molecule has 2 saturated heterocycles. The van der Waals surface area contributed by atoms with Gasteiger partial charge in [-0.3, -0.25) is 15.0 Å². The van der Waals surface area contributed by atoms with E-state index in [0.717, 1.165) is 50.1 Å². The highest BCUT2D eigenvalue weighted by atomic mass is 32.2. The van der Waals surface area contributed by atoms with Crippen LogP contribution in [0.1, 0.15) is 0 Å². The monoisotopic (exact) mass is 321 g/mol. The standard InChI is InChI=1S/C16H23N3O2S/c20-16(15-12-22-13-17-15)19-8-6-18(7-9-19)10-11-21-14-4-2-1-3-5-14/h1-5,15,17H,6-13H2. The van der Waals surface area contributed by atoms with Gasteiger partial charge in [-0.05, 0) is 12.1 Å². The molecular weight excluding hydrogens is 298 g/mol. The zero-order valence-electron chi connectivity index (χ0n) is 12.7. The Morgan fingerprint density at radius 1 is 1.23 bits per heavy atom. The summed E-state index contributed by atoms with van der Waals surface area (Å²) < 4.78 is 5.73. The van der Waals surface area contributed by atoms with E-state index in [-0.39, 0.29) is 11.9 Å². The summed E-state index contributed by atoms with van der Waals surface area (Å²) in [4.78, 5) is 16.7. The number of amides is 1. The highest BCUT2D eigenvalue weighted by Crippen LogP contribution is 2.13. The Labute approximate surface area is 136 Å². The van der Waals surface area contributed by atoms with Gasteiger partial charge >= 0.3 is 0 Å². The largest absolute Gasteiger partial charge is 0.492 e. The van der Waals surface area contributed by atoms with Gasteiger partial charge in [0.15, 0.2) is 0 Å². The molecule has 0 saturated carbocycles. The third-order valence-corrected chi connectivity index (χ3v) is 5.06. The van der Waals surface area contributed by atoms with Crippen LogP contribution in [-0.4, -0.2) is 72.7 Å². The fraction of sp³-hybridized carbons (Fsp3) is 0.562. The van der Waals surface area contributed by atoms with Gasteiger partial charge in [0.1, 0.15) is 12.4 Å². The molecule has 2 heterocycles. The number of carbonyl (C=O) groups excluding carboxylic acids is 1. The van der Waals surface area contributed by atoms with Gasteiger partial charge in [-0.1, -0.05) is 18.2 Å². The first-order valence-electron chi connectivity index (χ1n) is 7.83. The minimum atomic E-state index is 0.0259. The van der Waals surface area contributed by atoms with Crippen LogP contribution in [0.4, 0.5) is 0 Å². The summed E-state index contributed by atoms with van der Waals surface area (Å²) in [7, 11) is 0. The molecule has 22 heavy (non-hydrogen) atoms. The van der Waals surface area contributed by atoms with E-state index in [1.54, 1.807) is 11.8 Å². The zero-order valence-corrected chi connectivity index (χ0v) is 13.6. The van der Waals surface area contributed by atoms with E-state index in [4.69, 9.17) is 4.74 Å². The molecule has 2 aliphatic rings. The highest BCUT2D eigenvalue weighted by Gasteiger charge is 2.29. The van der Waals surface area contributed by atoms with Crippen molar-refractivity contribution in [2.75, 3.05) is 51.0 Å². The minimum absolute atomic E-state index is 0.0259. The Bertz CT molecular complexity index is 472. The molecule has 1 amide bonds. The third kappa shape index (κ3) is 4.15. The van der Waals surface area contributed by atoms with Crippen molar-refractivity contribution in [3.8, 4) is 5.75 Å². The van der Waals surface area contributed by atoms with Crippen LogP contribution in [0.15, 0.2) is 30.3 Å². The molecule has 3 rings (SSSR count). The lowest BCUT2D eigenvalue weighted by atomic mass is 10.2. The van der Waals surface area contributed by atoms with Crippen LogP contribution >= 0.6 is 11.8 Å². The number of para-hydroxylation sites is 1. The number of nitrogens with one attached hydrogen (secondary N) is 1. The summed E-state index contributed by atoms with van der Waals surface area (Å²) in [5.41, 5.74) is 0. The third-order valence-electron chi connectivity index (χ3n) is 4.12. The highest BCUT2D eigenvalue weighted by molar-refractivity contribution is 7.99. The number of hydrogen-bond acceptors (Lipinski definition) is 5. The summed E-state index contributed by atoms with van der Waals surface area (Å²) >= 11 is 1.80. The van der Waals surface area contributed by atoms with Crippen molar-refractivity contribution in [3.05, 3.63) is 30.3 Å². The Kier molecular flexibility index (Phi) is 5.58. The van der Waals surface area contributed by atoms with Crippen molar-refractivity contribution in [1.29, 1.82) is 0 Å². The van der Waals surface area contributed by atoms with E-state index in [1.165, 1.54) is 0 Å². The SMILES string of the molecule is O=C(C1CSCN1)N1CCN(CCOc2ccccc2)CC1. The molecular formula is C16H23N3O2S. The number of hydrogen-bond donors (Lipinski definition) is 1. The molecule has 0 aromatic heterocycles. The lowest BCUT2D eigenvalue weighted by Gasteiger charge is -2.35. The molecule has 0 aliphatic carbocycles. The first-order valence-corrected chi connectivity index (χ1v) is 8.98. The Morgan fingerprint density at radius 3 is 2.68 bits per heavy atom. The Hall–Kier alpha value is -1.24. The van der Waals surface area contributed by atoms with Crippen molar-refractivity contribution >= 4 is 17.7 Å². The minimum Gasteiger partial charge on any atom is -0.492 e. The predicted molar refractivity (Wildman–Crippen MR) is 89.2 cm³/mol. The van der Waals surface area contributed by atoms with E-state index < -0.39 is 0 Å². The van der Waals surface area contributed by atoms with E-state index in [0.29, 0.717) is 6.61 Å². The van der Waals surface area contributed by atoms with Gasteiger partial charge in [-0.25, -0.2) is 0 Å². The second kappa shape index (κ2) is 7.85. The number of benzene rings is 1. The number of piperazine rings is 1. The second-order valence-corrected chi connectivity index (χ2v) is 6.63. The normalized spacial score (nSPS) is 22.7. The topological polar surface area (TPSA) is 44.8 Å². The molecule has 0 radical (unpaired) electrons. The molecule has 2 aliphatic heterocycles. The van der Waals surface area contributed by atoms with E-state index in [1.807, 2.05) is 35.2 Å². The predicted octanol–water partition coefficient (Wildman–Crippen LogP) is 0.872. The van der Waals surface area contributed by atoms with Gasteiger partial charge < -0.3 is 9.64 Å². The summed E-state index contributed by atoms with van der Waals surface area (Å²) in [5, 5.41) is 3.26. The molecule has 120 valence electrons. The molecule has 1 aromatic carbocycles. The van der Waals surface area contributed by atoms with Crippen LogP contribution in [0.2, 0.25) is 0 Å². The maximum Gasteiger partial charge on any atom is 0.240 e. The molecule has 5 nitrogen and oxygen atoms in total. The van der Waals surface area contributed by atoms with Gasteiger partial charge in [-0.15, -0.1) is 11.8 Å². The van der Waals surface area contributed by atoms with E-state index in [9.17, 15) is 4.79 Å². The average molecular weight is 321 g/mol. The quantitative estimate of drug-likeness (QED) is 0.872. The zero-order chi connectivity index (χ0) is 15.2. The first kappa shape index (κ1) is 15.6. The van der Waals surface area contributed by atoms with Gasteiger partial charge in [0.2, 0.25) is 5.91 Å². The Balaban J connectivity index is 1.36. The number of thioether (sulfide) groups is 1. The molecule has 1 unspecified atom stereocenters. The van der Waals surface area contributed by atoms with Crippen LogP contribution < -0.4 is 10.1 Å². The van der Waals surface area contributed by atoms with Gasteiger partial charge in [0, 0.05) is 44.4 Å². The molecule has 2 fully saturated rings. The maximum atomic E-state index is 12.3. The molecule has 0 bridgehead atoms. The van der Waals surface area contributed by atoms with Crippen LogP contribution in [0.3, 0.4) is 0 Å². The fourth-order valence-electron chi connectivity index (χ4n) is 2.78. The molecule has 1 N–H and O–H groups in total. The van der Waals surface area contributed by atoms with Crippen molar-refractivity contribution in [2.45, 2.75) is 6.04 Å². The van der Waals surface area contributed by atoms with Crippen molar-refractivity contribution < 1.29 is 9.53 Å². The average Bonchev–Trinajstić information content (AvgIpc) is 3.10. The summed E-state index contributed by atoms with van der Waals surface area (Å²) in [6.07, 6.45) is 0. The number of nitrogens with zero attached hydrogens (tertiary/aromatic N) is 2.